The lowest BCUT2D eigenvalue weighted by molar-refractivity contribution is -0.346. The van der Waals surface area contributed by atoms with E-state index in [9.17, 15) is 13.6 Å². The van der Waals surface area contributed by atoms with Crippen LogP contribution in [0.25, 0.3) is 17.7 Å². The molecule has 2 aromatic heterocycles. The molecule has 2 aromatic rings. The topological polar surface area (TPSA) is 141 Å². The Morgan fingerprint density at radius 1 is 1.38 bits per heavy atom. The van der Waals surface area contributed by atoms with Gasteiger partial charge in [-0.05, 0) is 19.1 Å². The highest BCUT2D eigenvalue weighted by atomic mass is 19.3. The van der Waals surface area contributed by atoms with Crippen LogP contribution in [-0.4, -0.2) is 52.8 Å². The Balaban J connectivity index is 1.54. The number of nitrogens with two attached hydrogens (primary N) is 1. The molecule has 3 heterocycles. The molecule has 29 heavy (non-hydrogen) atoms. The van der Waals surface area contributed by atoms with E-state index >= 15 is 0 Å². The molecule has 0 bridgehead atoms. The largest absolute Gasteiger partial charge is 0.486 e. The first-order valence-corrected chi connectivity index (χ1v) is 8.46. The Morgan fingerprint density at radius 2 is 2.10 bits per heavy atom. The van der Waals surface area contributed by atoms with Crippen molar-refractivity contribution >= 4 is 35.8 Å². The average molecular weight is 406 g/mol. The smallest absolute Gasteiger partial charge is 0.402 e. The molecule has 4 rings (SSSR count). The van der Waals surface area contributed by atoms with E-state index in [1.54, 1.807) is 14.0 Å². The molecule has 10 nitrogen and oxygen atoms in total. The number of aromatic amines is 1. The normalized spacial score (nSPS) is 23.0. The lowest BCUT2D eigenvalue weighted by atomic mass is 10.1. The van der Waals surface area contributed by atoms with E-state index in [0.29, 0.717) is 22.0 Å². The molecule has 0 saturated carbocycles. The standard InChI is InChI=1S/C17H16F2N6O4/c1-7(20)8(6-21-2)12-5-11(25-29-12)15(26)24-16-22-9-3-13-14(4-10(9)23-16)28-17(18,19)27-13/h3-6,13-14H,20H2,1-2H3,(H2,22,23,24,26)/t13-,14?/m1/s1. The van der Waals surface area contributed by atoms with Crippen molar-refractivity contribution in [2.24, 2.45) is 10.7 Å². The van der Waals surface area contributed by atoms with Gasteiger partial charge in [-0.3, -0.25) is 24.6 Å². The second-order valence-electron chi connectivity index (χ2n) is 6.36. The minimum absolute atomic E-state index is 0.00578. The van der Waals surface area contributed by atoms with Crippen molar-refractivity contribution in [2.75, 3.05) is 12.4 Å². The third-order valence-corrected chi connectivity index (χ3v) is 4.21. The van der Waals surface area contributed by atoms with Gasteiger partial charge in [0.25, 0.3) is 5.91 Å². The Kier molecular flexibility index (Phi) is 4.51. The molecule has 1 amide bonds. The summed E-state index contributed by atoms with van der Waals surface area (Å²) in [5, 5.41) is 7.03. The van der Waals surface area contributed by atoms with Gasteiger partial charge in [0, 0.05) is 25.0 Å². The van der Waals surface area contributed by atoms with E-state index in [1.807, 2.05) is 0 Å². The number of allylic oxidation sites excluding steroid dienone is 2. The number of hydrogen-bond donors (Lipinski definition) is 3. The Labute approximate surface area is 161 Å². The number of anilines is 1. The minimum Gasteiger partial charge on any atom is -0.402 e. The third-order valence-electron chi connectivity index (χ3n) is 4.21. The van der Waals surface area contributed by atoms with Crippen LogP contribution in [0.5, 0.6) is 0 Å². The second kappa shape index (κ2) is 6.90. The average Bonchev–Trinajstić information content (AvgIpc) is 3.31. The highest BCUT2D eigenvalue weighted by Gasteiger charge is 2.48. The van der Waals surface area contributed by atoms with Crippen molar-refractivity contribution in [1.29, 1.82) is 0 Å². The fraction of sp³-hybridized carbons (Fsp3) is 0.294. The van der Waals surface area contributed by atoms with Crippen LogP contribution in [0.2, 0.25) is 0 Å². The zero-order valence-electron chi connectivity index (χ0n) is 15.3. The van der Waals surface area contributed by atoms with Gasteiger partial charge in [0.2, 0.25) is 5.95 Å². The van der Waals surface area contributed by atoms with Gasteiger partial charge >= 0.3 is 6.29 Å². The zero-order chi connectivity index (χ0) is 20.8. The summed E-state index contributed by atoms with van der Waals surface area (Å²) in [7, 11) is 1.57. The van der Waals surface area contributed by atoms with E-state index in [1.165, 1.54) is 24.4 Å². The number of nitrogens with zero attached hydrogens (tertiary/aromatic N) is 3. The summed E-state index contributed by atoms with van der Waals surface area (Å²) < 4.78 is 40.5. The fourth-order valence-corrected chi connectivity index (χ4v) is 2.94. The molecule has 12 heteroatoms. The number of aromatic nitrogens is 3. The number of rotatable bonds is 4. The summed E-state index contributed by atoms with van der Waals surface area (Å²) in [6, 6.07) is 1.41. The Morgan fingerprint density at radius 3 is 2.79 bits per heavy atom. The van der Waals surface area contributed by atoms with Gasteiger partial charge < -0.3 is 15.2 Å². The summed E-state index contributed by atoms with van der Waals surface area (Å²) in [5.74, 6) is -0.207. The minimum atomic E-state index is -3.65. The number of ether oxygens (including phenoxy) is 2. The first kappa shape index (κ1) is 19.0. The molecular weight excluding hydrogens is 390 g/mol. The number of H-pyrrole nitrogens is 1. The number of halogens is 2. The molecule has 1 aliphatic heterocycles. The molecule has 4 N–H and O–H groups in total. The van der Waals surface area contributed by atoms with Crippen LogP contribution >= 0.6 is 0 Å². The van der Waals surface area contributed by atoms with Gasteiger partial charge in [-0.25, -0.2) is 4.98 Å². The van der Waals surface area contributed by atoms with Crippen molar-refractivity contribution in [3.05, 3.63) is 33.9 Å². The SMILES string of the molecule is CN=CC(=C(C)N)c1cc(C(=O)Nc2nc3c([nH]2)=CC2OC(F)(F)O[C@@H]2C=3)no1. The Bertz CT molecular complexity index is 1100. The maximum absolute atomic E-state index is 13.2. The van der Waals surface area contributed by atoms with Crippen molar-refractivity contribution in [2.45, 2.75) is 25.4 Å². The highest BCUT2D eigenvalue weighted by molar-refractivity contribution is 6.10. The van der Waals surface area contributed by atoms with Crippen molar-refractivity contribution in [3.8, 4) is 0 Å². The number of nitrogens with one attached hydrogen (secondary N) is 2. The molecule has 2 aliphatic rings. The number of carbonyl (C=O) groups excluding carboxylic acids is 1. The van der Waals surface area contributed by atoms with Crippen molar-refractivity contribution in [3.63, 3.8) is 0 Å². The summed E-state index contributed by atoms with van der Waals surface area (Å²) in [5.41, 5.74) is 6.73. The van der Waals surface area contributed by atoms with Crippen LogP contribution in [0, 0.1) is 0 Å². The second-order valence-corrected chi connectivity index (χ2v) is 6.36. The van der Waals surface area contributed by atoms with Crippen LogP contribution in [0.15, 0.2) is 21.3 Å². The maximum Gasteiger partial charge on any atom is 0.486 e. The van der Waals surface area contributed by atoms with Crippen molar-refractivity contribution in [1.82, 2.24) is 15.1 Å². The van der Waals surface area contributed by atoms with E-state index in [0.717, 1.165) is 0 Å². The molecule has 1 unspecified atom stereocenters. The van der Waals surface area contributed by atoms with Gasteiger partial charge in [-0.2, -0.15) is 0 Å². The first-order valence-electron chi connectivity index (χ1n) is 8.46. The number of aliphatic imine (C=N–C) groups is 1. The summed E-state index contributed by atoms with van der Waals surface area (Å²) >= 11 is 0. The first-order chi connectivity index (χ1) is 13.8. The molecule has 1 aliphatic carbocycles. The van der Waals surface area contributed by atoms with Gasteiger partial charge in [-0.1, -0.05) is 5.16 Å². The van der Waals surface area contributed by atoms with Crippen LogP contribution in [0.4, 0.5) is 14.7 Å². The molecule has 1 fully saturated rings. The molecule has 1 saturated heterocycles. The quantitative estimate of drug-likeness (QED) is 0.605. The van der Waals surface area contributed by atoms with Crippen LogP contribution < -0.4 is 21.7 Å². The molecule has 0 radical (unpaired) electrons. The van der Waals surface area contributed by atoms with Gasteiger partial charge in [-0.15, -0.1) is 8.78 Å². The lowest BCUT2D eigenvalue weighted by Crippen LogP contribution is -2.36. The molecule has 0 spiro atoms. The summed E-state index contributed by atoms with van der Waals surface area (Å²) in [6.07, 6.45) is -1.26. The number of imidazole rings is 1. The predicted octanol–water partition coefficient (Wildman–Crippen LogP) is -0.0508. The van der Waals surface area contributed by atoms with Crippen LogP contribution in [0.1, 0.15) is 23.2 Å². The van der Waals surface area contributed by atoms with Crippen molar-refractivity contribution < 1.29 is 27.6 Å². The van der Waals surface area contributed by atoms with E-state index in [4.69, 9.17) is 10.3 Å². The number of hydrogen-bond acceptors (Lipinski definition) is 8. The fourth-order valence-electron chi connectivity index (χ4n) is 2.94. The monoisotopic (exact) mass is 406 g/mol. The third kappa shape index (κ3) is 3.67. The van der Waals surface area contributed by atoms with E-state index in [-0.39, 0.29) is 17.4 Å². The maximum atomic E-state index is 13.2. The van der Waals surface area contributed by atoms with E-state index < -0.39 is 24.4 Å². The number of carbonyl (C=O) groups is 1. The molecule has 152 valence electrons. The summed E-state index contributed by atoms with van der Waals surface area (Å²) in [6.45, 7) is 1.66. The number of amides is 1. The van der Waals surface area contributed by atoms with Gasteiger partial charge in [0.15, 0.2) is 11.5 Å². The number of alkyl halides is 2. The molecule has 0 aromatic carbocycles. The summed E-state index contributed by atoms with van der Waals surface area (Å²) in [4.78, 5) is 23.3. The van der Waals surface area contributed by atoms with Crippen LogP contribution in [0.3, 0.4) is 0 Å². The Hall–Kier alpha value is -3.38. The predicted molar refractivity (Wildman–Crippen MR) is 97.1 cm³/mol. The highest BCUT2D eigenvalue weighted by Crippen LogP contribution is 2.33. The lowest BCUT2D eigenvalue weighted by Gasteiger charge is -2.08. The zero-order valence-corrected chi connectivity index (χ0v) is 15.3. The number of fused-ring (bicyclic) bond motifs is 2. The van der Waals surface area contributed by atoms with Crippen LogP contribution in [-0.2, 0) is 9.47 Å². The van der Waals surface area contributed by atoms with Gasteiger partial charge in [0.1, 0.15) is 12.2 Å². The van der Waals surface area contributed by atoms with E-state index in [2.05, 4.69) is 34.9 Å². The molecule has 2 atom stereocenters. The van der Waals surface area contributed by atoms with Gasteiger partial charge in [0.05, 0.1) is 16.3 Å². The molecular formula is C17H16F2N6O4.